The lowest BCUT2D eigenvalue weighted by molar-refractivity contribution is 0.226. The maximum Gasteiger partial charge on any atom is 0.176 e. The fraction of sp³-hybridized carbons (Fsp3) is 0.348. The summed E-state index contributed by atoms with van der Waals surface area (Å²) in [6.07, 6.45) is 4.15. The van der Waals surface area contributed by atoms with Gasteiger partial charge < -0.3 is 20.1 Å². The molecule has 1 aliphatic heterocycles. The number of hydrogen-bond acceptors (Lipinski definition) is 5. The van der Waals surface area contributed by atoms with Crippen LogP contribution in [0.3, 0.4) is 0 Å². The summed E-state index contributed by atoms with van der Waals surface area (Å²) in [6.45, 7) is 3.24. The van der Waals surface area contributed by atoms with Gasteiger partial charge in [-0.1, -0.05) is 17.7 Å². The molecule has 0 amide bonds. The topological polar surface area (TPSA) is 57.6 Å². The summed E-state index contributed by atoms with van der Waals surface area (Å²) in [5.41, 5.74) is 3.72. The molecule has 1 aliphatic rings. The number of phenols is 1. The van der Waals surface area contributed by atoms with Crippen molar-refractivity contribution in [2.45, 2.75) is 12.8 Å². The molecule has 4 rings (SSSR count). The number of pyridine rings is 1. The molecule has 0 bridgehead atoms. The molecule has 1 aromatic heterocycles. The number of rotatable bonds is 5. The number of methoxy groups -OCH3 is 1. The molecule has 2 heterocycles. The minimum atomic E-state index is -0.0470. The molecular weight excluding hydrogens is 386 g/mol. The molecule has 0 spiro atoms. The van der Waals surface area contributed by atoms with E-state index in [1.807, 2.05) is 12.1 Å². The highest BCUT2D eigenvalue weighted by atomic mass is 35.5. The summed E-state index contributed by atoms with van der Waals surface area (Å²) < 4.78 is 5.24. The molecule has 0 unspecified atom stereocenters. The largest absolute Gasteiger partial charge is 0.503 e. The van der Waals surface area contributed by atoms with Gasteiger partial charge in [-0.05, 0) is 74.3 Å². The van der Waals surface area contributed by atoms with Gasteiger partial charge in [0.05, 0.1) is 23.3 Å². The van der Waals surface area contributed by atoms with E-state index in [0.717, 1.165) is 47.4 Å². The maximum atomic E-state index is 10.0. The Morgan fingerprint density at radius 1 is 1.24 bits per heavy atom. The van der Waals surface area contributed by atoms with Crippen molar-refractivity contribution in [3.8, 4) is 22.6 Å². The zero-order valence-corrected chi connectivity index (χ0v) is 17.5. The molecule has 0 atom stereocenters. The summed E-state index contributed by atoms with van der Waals surface area (Å²) in [7, 11) is 3.69. The molecule has 0 aliphatic carbocycles. The van der Waals surface area contributed by atoms with Gasteiger partial charge >= 0.3 is 0 Å². The molecule has 2 N–H and O–H groups in total. The quantitative estimate of drug-likeness (QED) is 0.631. The first kappa shape index (κ1) is 19.8. The van der Waals surface area contributed by atoms with Crippen molar-refractivity contribution < 1.29 is 9.84 Å². The minimum Gasteiger partial charge on any atom is -0.503 e. The van der Waals surface area contributed by atoms with Crippen molar-refractivity contribution in [2.24, 2.45) is 5.92 Å². The zero-order chi connectivity index (χ0) is 20.4. The number of aromatic hydroxyl groups is 1. The van der Waals surface area contributed by atoms with Crippen molar-refractivity contribution >= 4 is 28.2 Å². The number of hydrogen-bond donors (Lipinski definition) is 2. The number of nitrogens with zero attached hydrogens (tertiary/aromatic N) is 2. The standard InChI is InChI=1S/C23H25ClN3O2/c1-27-9-6-15(7-10-27)14-26-21-5-8-25-20-4-3-16(11-18(20)21)17-12-19(24)23(28)22(13-17)29-2/h3-4,8,11-13,15,28H,6-7,9-10,14H2,1-2H3,(H,25,26). The van der Waals surface area contributed by atoms with Gasteiger partial charge in [-0.25, -0.2) is 0 Å². The van der Waals surface area contributed by atoms with Crippen LogP contribution in [-0.4, -0.2) is 48.8 Å². The summed E-state index contributed by atoms with van der Waals surface area (Å²) in [5.74, 6) is 0.978. The van der Waals surface area contributed by atoms with Gasteiger partial charge in [0, 0.05) is 24.2 Å². The third kappa shape index (κ3) is 4.26. The summed E-state index contributed by atoms with van der Waals surface area (Å²) >= 11 is 6.18. The van der Waals surface area contributed by atoms with Crippen molar-refractivity contribution in [2.75, 3.05) is 39.1 Å². The highest BCUT2D eigenvalue weighted by molar-refractivity contribution is 6.32. The first-order chi connectivity index (χ1) is 14.0. The Morgan fingerprint density at radius 2 is 2.03 bits per heavy atom. The van der Waals surface area contributed by atoms with Crippen LogP contribution in [0.25, 0.3) is 22.0 Å². The van der Waals surface area contributed by atoms with E-state index in [-0.39, 0.29) is 10.8 Å². The number of anilines is 1. The van der Waals surface area contributed by atoms with Crippen LogP contribution in [-0.2, 0) is 0 Å². The second-order valence-corrected chi connectivity index (χ2v) is 8.05. The average molecular weight is 411 g/mol. The van der Waals surface area contributed by atoms with Crippen LogP contribution in [0.15, 0.2) is 36.5 Å². The number of ether oxygens (including phenoxy) is 1. The van der Waals surface area contributed by atoms with Gasteiger partial charge in [-0.15, -0.1) is 0 Å². The van der Waals surface area contributed by atoms with Crippen LogP contribution >= 0.6 is 11.6 Å². The number of aromatic nitrogens is 1. The lowest BCUT2D eigenvalue weighted by Gasteiger charge is -2.29. The molecule has 151 valence electrons. The lowest BCUT2D eigenvalue weighted by atomic mass is 9.97. The lowest BCUT2D eigenvalue weighted by Crippen LogP contribution is -2.32. The second kappa shape index (κ2) is 8.47. The predicted octanol–water partition coefficient (Wildman–Crippen LogP) is 4.82. The van der Waals surface area contributed by atoms with E-state index in [4.69, 9.17) is 16.3 Å². The van der Waals surface area contributed by atoms with Crippen LogP contribution in [0.1, 0.15) is 12.8 Å². The molecule has 1 saturated heterocycles. The number of fused-ring (bicyclic) bond motifs is 1. The molecule has 2 aromatic carbocycles. The Bertz CT molecular complexity index is 1020. The second-order valence-electron chi connectivity index (χ2n) is 7.65. The van der Waals surface area contributed by atoms with Crippen molar-refractivity contribution in [3.05, 3.63) is 47.6 Å². The van der Waals surface area contributed by atoms with Gasteiger partial charge in [-0.2, -0.15) is 0 Å². The molecule has 3 aromatic rings. The Labute approximate surface area is 176 Å². The molecule has 6 heteroatoms. The van der Waals surface area contributed by atoms with Crippen LogP contribution in [0.5, 0.6) is 11.5 Å². The third-order valence-electron chi connectivity index (χ3n) is 5.67. The fourth-order valence-electron chi connectivity index (χ4n) is 3.83. The fourth-order valence-corrected chi connectivity index (χ4v) is 4.04. The van der Waals surface area contributed by atoms with Gasteiger partial charge in [0.2, 0.25) is 0 Å². The smallest absolute Gasteiger partial charge is 0.176 e. The highest BCUT2D eigenvalue weighted by Gasteiger charge is 2.17. The third-order valence-corrected chi connectivity index (χ3v) is 5.95. The molecule has 1 radical (unpaired) electrons. The molecule has 0 saturated carbocycles. The summed E-state index contributed by atoms with van der Waals surface area (Å²) in [5, 5.41) is 14.9. The SMILES string of the molecule is COc1cc(-c2ccc3nc[c]c(NCC4CCN(C)CC4)c3c2)cc(Cl)c1O. The van der Waals surface area contributed by atoms with E-state index in [1.165, 1.54) is 20.0 Å². The van der Waals surface area contributed by atoms with Crippen LogP contribution in [0, 0.1) is 12.0 Å². The zero-order valence-electron chi connectivity index (χ0n) is 16.7. The minimum absolute atomic E-state index is 0.0470. The van der Waals surface area contributed by atoms with E-state index in [0.29, 0.717) is 11.7 Å². The molecular formula is C23H25ClN3O2. The summed E-state index contributed by atoms with van der Waals surface area (Å²) in [6, 6.07) is 12.9. The Balaban J connectivity index is 1.63. The Hall–Kier alpha value is -2.50. The summed E-state index contributed by atoms with van der Waals surface area (Å²) in [4.78, 5) is 6.84. The molecule has 29 heavy (non-hydrogen) atoms. The van der Waals surface area contributed by atoms with Crippen molar-refractivity contribution in [1.82, 2.24) is 9.88 Å². The van der Waals surface area contributed by atoms with Gasteiger partial charge in [0.25, 0.3) is 0 Å². The van der Waals surface area contributed by atoms with Gasteiger partial charge in [-0.3, -0.25) is 4.98 Å². The van der Waals surface area contributed by atoms with Crippen LogP contribution in [0.2, 0.25) is 5.02 Å². The normalized spacial score (nSPS) is 15.6. The Kier molecular flexibility index (Phi) is 5.79. The van der Waals surface area contributed by atoms with E-state index in [9.17, 15) is 5.11 Å². The van der Waals surface area contributed by atoms with E-state index >= 15 is 0 Å². The Morgan fingerprint density at radius 3 is 2.79 bits per heavy atom. The highest BCUT2D eigenvalue weighted by Crippen LogP contribution is 2.39. The van der Waals surface area contributed by atoms with Crippen LogP contribution < -0.4 is 10.1 Å². The van der Waals surface area contributed by atoms with Gasteiger partial charge in [0.1, 0.15) is 0 Å². The maximum absolute atomic E-state index is 10.0. The average Bonchev–Trinajstić information content (AvgIpc) is 2.74. The van der Waals surface area contributed by atoms with E-state index in [2.05, 4.69) is 34.4 Å². The molecule has 1 fully saturated rings. The monoisotopic (exact) mass is 410 g/mol. The predicted molar refractivity (Wildman–Crippen MR) is 118 cm³/mol. The number of piperidine rings is 1. The van der Waals surface area contributed by atoms with Gasteiger partial charge in [0.15, 0.2) is 11.5 Å². The van der Waals surface area contributed by atoms with E-state index < -0.39 is 0 Å². The van der Waals surface area contributed by atoms with E-state index in [1.54, 1.807) is 18.3 Å². The first-order valence-corrected chi connectivity index (χ1v) is 10.2. The number of nitrogens with one attached hydrogen (secondary N) is 1. The number of likely N-dealkylation sites (tertiary alicyclic amines) is 1. The van der Waals surface area contributed by atoms with Crippen molar-refractivity contribution in [3.63, 3.8) is 0 Å². The van der Waals surface area contributed by atoms with Crippen LogP contribution in [0.4, 0.5) is 5.69 Å². The first-order valence-electron chi connectivity index (χ1n) is 9.85. The number of halogens is 1. The number of benzene rings is 2. The number of phenolic OH excluding ortho intramolecular Hbond substituents is 1. The van der Waals surface area contributed by atoms with Crippen molar-refractivity contribution in [1.29, 1.82) is 0 Å². The molecule has 5 nitrogen and oxygen atoms in total.